The van der Waals surface area contributed by atoms with E-state index in [1.165, 1.54) is 19.4 Å². The second kappa shape index (κ2) is 4.47. The first-order chi connectivity index (χ1) is 7.88. The number of hydrogen-bond donors (Lipinski definition) is 1. The molecule has 3 aliphatic heterocycles. The van der Waals surface area contributed by atoms with Gasteiger partial charge in [-0.05, 0) is 25.8 Å². The van der Waals surface area contributed by atoms with E-state index >= 15 is 0 Å². The molecule has 1 atom stereocenters. The zero-order valence-electron chi connectivity index (χ0n) is 9.89. The highest BCUT2D eigenvalue weighted by Crippen LogP contribution is 2.37. The van der Waals surface area contributed by atoms with Crippen LogP contribution in [-0.4, -0.2) is 38.5 Å². The monoisotopic (exact) mass is 223 g/mol. The van der Waals surface area contributed by atoms with Crippen LogP contribution < -0.4 is 5.32 Å². The molecular formula is C13H21NO2. The zero-order chi connectivity index (χ0) is 10.8. The van der Waals surface area contributed by atoms with E-state index in [-0.39, 0.29) is 5.60 Å². The molecule has 0 aromatic heterocycles. The standard InChI is InChI=1S/C13H21NO2/c1-2-12(9-14-5-1)11-3-6-16-13(8-11)4-7-15-10-13/h14H,1-10H2. The van der Waals surface area contributed by atoms with Crippen LogP contribution >= 0.6 is 0 Å². The van der Waals surface area contributed by atoms with Crippen molar-refractivity contribution in [1.29, 1.82) is 0 Å². The molecule has 3 aliphatic rings. The normalized spacial score (nSPS) is 40.5. The predicted molar refractivity (Wildman–Crippen MR) is 62.5 cm³/mol. The average molecular weight is 223 g/mol. The van der Waals surface area contributed by atoms with Crippen LogP contribution in [0, 0.1) is 0 Å². The lowest BCUT2D eigenvalue weighted by atomic mass is 9.85. The first-order valence-electron chi connectivity index (χ1n) is 6.50. The second-order valence-corrected chi connectivity index (χ2v) is 5.25. The van der Waals surface area contributed by atoms with Crippen LogP contribution in [0.5, 0.6) is 0 Å². The third-order valence-corrected chi connectivity index (χ3v) is 4.09. The zero-order valence-corrected chi connectivity index (χ0v) is 9.89. The average Bonchev–Trinajstić information content (AvgIpc) is 2.78. The Balaban J connectivity index is 1.75. The lowest BCUT2D eigenvalue weighted by Gasteiger charge is -2.35. The molecule has 1 unspecified atom stereocenters. The van der Waals surface area contributed by atoms with E-state index in [1.54, 1.807) is 11.1 Å². The summed E-state index contributed by atoms with van der Waals surface area (Å²) < 4.78 is 11.5. The number of ether oxygens (including phenoxy) is 2. The van der Waals surface area contributed by atoms with E-state index in [0.29, 0.717) is 0 Å². The Morgan fingerprint density at radius 3 is 2.88 bits per heavy atom. The highest BCUT2D eigenvalue weighted by molar-refractivity contribution is 5.21. The van der Waals surface area contributed by atoms with E-state index in [0.717, 1.165) is 45.6 Å². The molecule has 0 aromatic carbocycles. The van der Waals surface area contributed by atoms with Crippen molar-refractivity contribution >= 4 is 0 Å². The first kappa shape index (κ1) is 10.8. The Morgan fingerprint density at radius 1 is 1.12 bits per heavy atom. The van der Waals surface area contributed by atoms with Gasteiger partial charge in [-0.15, -0.1) is 0 Å². The molecule has 0 radical (unpaired) electrons. The maximum atomic E-state index is 5.97. The summed E-state index contributed by atoms with van der Waals surface area (Å²) in [4.78, 5) is 0. The van der Waals surface area contributed by atoms with Crippen LogP contribution in [0.1, 0.15) is 32.1 Å². The summed E-state index contributed by atoms with van der Waals surface area (Å²) in [6.45, 7) is 4.86. The number of rotatable bonds is 0. The van der Waals surface area contributed by atoms with E-state index in [1.807, 2.05) is 0 Å². The Bertz CT molecular complexity index is 284. The molecule has 3 nitrogen and oxygen atoms in total. The van der Waals surface area contributed by atoms with Crippen LogP contribution in [0.4, 0.5) is 0 Å². The fraction of sp³-hybridized carbons (Fsp3) is 0.846. The molecule has 90 valence electrons. The quantitative estimate of drug-likeness (QED) is 0.633. The summed E-state index contributed by atoms with van der Waals surface area (Å²) in [5.74, 6) is 0. The highest BCUT2D eigenvalue weighted by atomic mass is 16.6. The molecule has 1 spiro atoms. The molecule has 0 aromatic rings. The second-order valence-electron chi connectivity index (χ2n) is 5.25. The molecule has 0 bridgehead atoms. The van der Waals surface area contributed by atoms with E-state index in [2.05, 4.69) is 5.32 Å². The molecule has 3 rings (SSSR count). The van der Waals surface area contributed by atoms with Gasteiger partial charge in [0.1, 0.15) is 0 Å². The van der Waals surface area contributed by atoms with Gasteiger partial charge in [-0.2, -0.15) is 0 Å². The number of hydrogen-bond acceptors (Lipinski definition) is 3. The van der Waals surface area contributed by atoms with E-state index in [9.17, 15) is 0 Å². The van der Waals surface area contributed by atoms with Gasteiger partial charge in [-0.25, -0.2) is 0 Å². The molecule has 16 heavy (non-hydrogen) atoms. The smallest absolute Gasteiger partial charge is 0.0973 e. The summed E-state index contributed by atoms with van der Waals surface area (Å²) >= 11 is 0. The van der Waals surface area contributed by atoms with Crippen molar-refractivity contribution in [1.82, 2.24) is 5.32 Å². The lowest BCUT2D eigenvalue weighted by molar-refractivity contribution is -0.0639. The van der Waals surface area contributed by atoms with Gasteiger partial charge in [0.15, 0.2) is 0 Å². The third-order valence-electron chi connectivity index (χ3n) is 4.09. The maximum Gasteiger partial charge on any atom is 0.0973 e. The summed E-state index contributed by atoms with van der Waals surface area (Å²) in [5.41, 5.74) is 3.35. The summed E-state index contributed by atoms with van der Waals surface area (Å²) in [7, 11) is 0. The topological polar surface area (TPSA) is 30.5 Å². The molecular weight excluding hydrogens is 202 g/mol. The maximum absolute atomic E-state index is 5.97. The Morgan fingerprint density at radius 2 is 2.12 bits per heavy atom. The van der Waals surface area contributed by atoms with Crippen LogP contribution in [-0.2, 0) is 9.47 Å². The first-order valence-corrected chi connectivity index (χ1v) is 6.50. The van der Waals surface area contributed by atoms with Gasteiger partial charge >= 0.3 is 0 Å². The van der Waals surface area contributed by atoms with Crippen LogP contribution in [0.25, 0.3) is 0 Å². The van der Waals surface area contributed by atoms with Crippen LogP contribution in [0.15, 0.2) is 11.1 Å². The molecule has 0 saturated carbocycles. The Hall–Kier alpha value is -0.380. The van der Waals surface area contributed by atoms with Crippen molar-refractivity contribution in [3.63, 3.8) is 0 Å². The highest BCUT2D eigenvalue weighted by Gasteiger charge is 2.39. The molecule has 3 heteroatoms. The summed E-state index contributed by atoms with van der Waals surface area (Å²) in [5, 5.41) is 3.48. The van der Waals surface area contributed by atoms with E-state index in [4.69, 9.17) is 9.47 Å². The molecule has 1 N–H and O–H groups in total. The van der Waals surface area contributed by atoms with Gasteiger partial charge in [0, 0.05) is 26.0 Å². The van der Waals surface area contributed by atoms with Crippen molar-refractivity contribution in [3.05, 3.63) is 11.1 Å². The minimum absolute atomic E-state index is 0.0397. The third kappa shape index (κ3) is 2.04. The Labute approximate surface area is 97.2 Å². The van der Waals surface area contributed by atoms with Gasteiger partial charge in [-0.1, -0.05) is 11.1 Å². The van der Waals surface area contributed by atoms with Gasteiger partial charge in [0.05, 0.1) is 18.8 Å². The minimum atomic E-state index is 0.0397. The van der Waals surface area contributed by atoms with Crippen molar-refractivity contribution in [2.45, 2.75) is 37.7 Å². The minimum Gasteiger partial charge on any atom is -0.378 e. The van der Waals surface area contributed by atoms with Crippen molar-refractivity contribution in [2.24, 2.45) is 0 Å². The SMILES string of the molecule is C1CNCC(=C2CCOC3(CCOC3)C2)C1. The van der Waals surface area contributed by atoms with Crippen molar-refractivity contribution in [2.75, 3.05) is 32.9 Å². The number of piperidine rings is 1. The van der Waals surface area contributed by atoms with Crippen LogP contribution in [0.3, 0.4) is 0 Å². The van der Waals surface area contributed by atoms with Gasteiger partial charge in [0.2, 0.25) is 0 Å². The predicted octanol–water partition coefficient (Wildman–Crippen LogP) is 1.64. The Kier molecular flexibility index (Phi) is 3.01. The van der Waals surface area contributed by atoms with Gasteiger partial charge < -0.3 is 14.8 Å². The van der Waals surface area contributed by atoms with Crippen molar-refractivity contribution < 1.29 is 9.47 Å². The molecule has 0 aliphatic carbocycles. The molecule has 3 heterocycles. The van der Waals surface area contributed by atoms with Crippen molar-refractivity contribution in [3.8, 4) is 0 Å². The fourth-order valence-corrected chi connectivity index (χ4v) is 3.12. The summed E-state index contributed by atoms with van der Waals surface area (Å²) in [6.07, 6.45) is 5.92. The molecule has 3 saturated heterocycles. The molecule has 0 amide bonds. The fourth-order valence-electron chi connectivity index (χ4n) is 3.12. The lowest BCUT2D eigenvalue weighted by Crippen LogP contribution is -2.38. The molecule has 3 fully saturated rings. The van der Waals surface area contributed by atoms with E-state index < -0.39 is 0 Å². The van der Waals surface area contributed by atoms with Crippen LogP contribution in [0.2, 0.25) is 0 Å². The summed E-state index contributed by atoms with van der Waals surface area (Å²) in [6, 6.07) is 0. The number of nitrogens with one attached hydrogen (secondary N) is 1. The largest absolute Gasteiger partial charge is 0.378 e. The van der Waals surface area contributed by atoms with Gasteiger partial charge in [0.25, 0.3) is 0 Å². The van der Waals surface area contributed by atoms with Gasteiger partial charge in [-0.3, -0.25) is 0 Å².